The summed E-state index contributed by atoms with van der Waals surface area (Å²) in [4.78, 5) is 15.6. The van der Waals surface area contributed by atoms with Crippen LogP contribution in [0.2, 0.25) is 5.02 Å². The van der Waals surface area contributed by atoms with Gasteiger partial charge in [-0.15, -0.1) is 0 Å². The fraction of sp³-hybridized carbons (Fsp3) is 0.296. The topological polar surface area (TPSA) is 88.2 Å². The second-order valence-corrected chi connectivity index (χ2v) is 11.3. The minimum Gasteiger partial charge on any atom is -0.476 e. The van der Waals surface area contributed by atoms with Crippen LogP contribution in [0.1, 0.15) is 11.1 Å². The summed E-state index contributed by atoms with van der Waals surface area (Å²) in [6.45, 7) is 4.26. The predicted molar refractivity (Wildman–Crippen MR) is 141 cm³/mol. The first-order valence-electron chi connectivity index (χ1n) is 12.1. The predicted octanol–water partition coefficient (Wildman–Crippen LogP) is 3.44. The van der Waals surface area contributed by atoms with Crippen LogP contribution in [-0.4, -0.2) is 58.2 Å². The molecule has 2 heterocycles. The Morgan fingerprint density at radius 1 is 0.973 bits per heavy atom. The molecule has 1 N–H and O–H groups in total. The Bertz CT molecular complexity index is 1360. The van der Waals surface area contributed by atoms with Crippen LogP contribution in [-0.2, 0) is 32.6 Å². The van der Waals surface area contributed by atoms with Crippen LogP contribution in [0.3, 0.4) is 0 Å². The van der Waals surface area contributed by atoms with Gasteiger partial charge in [-0.1, -0.05) is 48.0 Å². The van der Waals surface area contributed by atoms with Gasteiger partial charge >= 0.3 is 0 Å². The molecule has 1 amide bonds. The summed E-state index contributed by atoms with van der Waals surface area (Å²) in [6.07, 6.45) is -1.01. The van der Waals surface area contributed by atoms with E-state index in [1.807, 2.05) is 12.1 Å². The highest BCUT2D eigenvalue weighted by Crippen LogP contribution is 2.37. The van der Waals surface area contributed by atoms with E-state index < -0.39 is 16.1 Å². The van der Waals surface area contributed by atoms with Crippen molar-refractivity contribution in [2.24, 2.45) is 0 Å². The number of fused-ring (bicyclic) bond motifs is 1. The zero-order valence-corrected chi connectivity index (χ0v) is 21.7. The van der Waals surface area contributed by atoms with Crippen molar-refractivity contribution in [2.45, 2.75) is 24.1 Å². The van der Waals surface area contributed by atoms with Gasteiger partial charge in [0.1, 0.15) is 5.75 Å². The monoisotopic (exact) mass is 541 g/mol. The van der Waals surface area contributed by atoms with E-state index in [4.69, 9.17) is 21.1 Å². The van der Waals surface area contributed by atoms with Crippen LogP contribution in [0.5, 0.6) is 5.75 Å². The van der Waals surface area contributed by atoms with Gasteiger partial charge in [-0.2, -0.15) is 0 Å². The number of anilines is 1. The molecule has 0 aliphatic carbocycles. The van der Waals surface area contributed by atoms with E-state index >= 15 is 0 Å². The second kappa shape index (κ2) is 11.1. The summed E-state index contributed by atoms with van der Waals surface area (Å²) in [5.74, 6) is -0.0525. The van der Waals surface area contributed by atoms with Gasteiger partial charge < -0.3 is 14.8 Å². The Morgan fingerprint density at radius 3 is 2.49 bits per heavy atom. The molecule has 1 fully saturated rings. The lowest BCUT2D eigenvalue weighted by molar-refractivity contribution is -0.127. The number of morpholine rings is 1. The van der Waals surface area contributed by atoms with Crippen molar-refractivity contribution >= 4 is 33.2 Å². The standard InChI is InChI=1S/C27H28ClN3O5S/c28-22-8-10-23(11-9-22)37(33,34)31-19-26(36-25-7-2-1-6-24(25)31)27(32)29-17-20-4-3-5-21(16-20)18-30-12-14-35-15-13-30/h1-11,16,26H,12-15,17-19H2,(H,29,32)/t26-/m1/s1. The van der Waals surface area contributed by atoms with E-state index in [1.165, 1.54) is 28.6 Å². The maximum absolute atomic E-state index is 13.5. The summed E-state index contributed by atoms with van der Waals surface area (Å²) in [5.41, 5.74) is 2.51. The molecule has 3 aromatic rings. The molecule has 0 unspecified atom stereocenters. The van der Waals surface area contributed by atoms with Crippen molar-refractivity contribution < 1.29 is 22.7 Å². The van der Waals surface area contributed by atoms with E-state index in [2.05, 4.69) is 22.3 Å². The van der Waals surface area contributed by atoms with Gasteiger partial charge in [-0.25, -0.2) is 8.42 Å². The van der Waals surface area contributed by atoms with Gasteiger partial charge in [-0.3, -0.25) is 14.0 Å². The number of nitrogens with one attached hydrogen (secondary N) is 1. The quantitative estimate of drug-likeness (QED) is 0.493. The third-order valence-corrected chi connectivity index (χ3v) is 8.44. The molecule has 37 heavy (non-hydrogen) atoms. The normalized spacial score (nSPS) is 18.1. The third-order valence-electron chi connectivity index (χ3n) is 6.40. The molecule has 194 valence electrons. The number of sulfonamides is 1. The number of ether oxygens (including phenoxy) is 2. The van der Waals surface area contributed by atoms with Crippen molar-refractivity contribution in [3.63, 3.8) is 0 Å². The maximum Gasteiger partial charge on any atom is 0.264 e. The zero-order chi connectivity index (χ0) is 25.8. The third kappa shape index (κ3) is 5.91. The second-order valence-electron chi connectivity index (χ2n) is 8.99. The largest absolute Gasteiger partial charge is 0.476 e. The van der Waals surface area contributed by atoms with Crippen LogP contribution in [0.4, 0.5) is 5.69 Å². The lowest BCUT2D eigenvalue weighted by Gasteiger charge is -2.34. The number of carbonyl (C=O) groups is 1. The molecule has 0 spiro atoms. The molecule has 1 atom stereocenters. The highest BCUT2D eigenvalue weighted by molar-refractivity contribution is 7.92. The van der Waals surface area contributed by atoms with E-state index in [0.29, 0.717) is 23.0 Å². The Labute approximate surface area is 221 Å². The Morgan fingerprint density at radius 2 is 1.70 bits per heavy atom. The number of para-hydroxylation sites is 2. The van der Waals surface area contributed by atoms with Crippen LogP contribution in [0.25, 0.3) is 0 Å². The number of hydrogen-bond donors (Lipinski definition) is 1. The Balaban J connectivity index is 1.29. The Hall–Kier alpha value is -3.11. The molecule has 2 aliphatic heterocycles. The lowest BCUT2D eigenvalue weighted by atomic mass is 10.1. The summed E-state index contributed by atoms with van der Waals surface area (Å²) in [6, 6.07) is 20.8. The first kappa shape index (κ1) is 25.5. The number of hydrogen-bond acceptors (Lipinski definition) is 6. The molecule has 0 radical (unpaired) electrons. The van der Waals surface area contributed by atoms with Crippen molar-refractivity contribution in [2.75, 3.05) is 37.2 Å². The van der Waals surface area contributed by atoms with Crippen molar-refractivity contribution in [1.29, 1.82) is 0 Å². The molecular formula is C27H28ClN3O5S. The van der Waals surface area contributed by atoms with E-state index in [-0.39, 0.29) is 17.3 Å². The van der Waals surface area contributed by atoms with Crippen molar-refractivity contribution in [1.82, 2.24) is 10.2 Å². The van der Waals surface area contributed by atoms with E-state index in [0.717, 1.165) is 44.0 Å². The van der Waals surface area contributed by atoms with Crippen molar-refractivity contribution in [3.8, 4) is 5.75 Å². The van der Waals surface area contributed by atoms with Crippen LogP contribution < -0.4 is 14.4 Å². The fourth-order valence-corrected chi connectivity index (χ4v) is 6.06. The first-order chi connectivity index (χ1) is 17.9. The van der Waals surface area contributed by atoms with Crippen LogP contribution in [0, 0.1) is 0 Å². The molecule has 3 aromatic carbocycles. The summed E-state index contributed by atoms with van der Waals surface area (Å²) in [5, 5.41) is 3.35. The molecular weight excluding hydrogens is 514 g/mol. The maximum atomic E-state index is 13.5. The molecule has 1 saturated heterocycles. The number of benzene rings is 3. The number of amides is 1. The summed E-state index contributed by atoms with van der Waals surface area (Å²) in [7, 11) is -3.94. The fourth-order valence-electron chi connectivity index (χ4n) is 4.46. The number of halogens is 1. The smallest absolute Gasteiger partial charge is 0.264 e. The lowest BCUT2D eigenvalue weighted by Crippen LogP contribution is -2.50. The van der Waals surface area contributed by atoms with Gasteiger partial charge in [-0.05, 0) is 47.5 Å². The summed E-state index contributed by atoms with van der Waals surface area (Å²) < 4.78 is 39.6. The van der Waals surface area contributed by atoms with Crippen LogP contribution in [0.15, 0.2) is 77.7 Å². The highest BCUT2D eigenvalue weighted by Gasteiger charge is 2.37. The number of carbonyl (C=O) groups excluding carboxylic acids is 1. The van der Waals surface area contributed by atoms with E-state index in [9.17, 15) is 13.2 Å². The van der Waals surface area contributed by atoms with Gasteiger partial charge in [0.15, 0.2) is 6.10 Å². The van der Waals surface area contributed by atoms with Gasteiger partial charge in [0.05, 0.1) is 30.3 Å². The average Bonchev–Trinajstić information content (AvgIpc) is 2.92. The molecule has 2 aliphatic rings. The Kier molecular flexibility index (Phi) is 7.66. The number of rotatable bonds is 7. The minimum atomic E-state index is -3.94. The molecule has 0 bridgehead atoms. The first-order valence-corrected chi connectivity index (χ1v) is 13.9. The van der Waals surface area contributed by atoms with Gasteiger partial charge in [0.25, 0.3) is 15.9 Å². The minimum absolute atomic E-state index is 0.0878. The van der Waals surface area contributed by atoms with Crippen LogP contribution >= 0.6 is 11.6 Å². The molecule has 0 saturated carbocycles. The van der Waals surface area contributed by atoms with Crippen molar-refractivity contribution in [3.05, 3.63) is 88.9 Å². The van der Waals surface area contributed by atoms with E-state index in [1.54, 1.807) is 24.3 Å². The summed E-state index contributed by atoms with van der Waals surface area (Å²) >= 11 is 5.95. The molecule has 5 rings (SSSR count). The molecule has 10 heteroatoms. The van der Waals surface area contributed by atoms with Gasteiger partial charge in [0, 0.05) is 31.2 Å². The average molecular weight is 542 g/mol. The van der Waals surface area contributed by atoms with Gasteiger partial charge in [0.2, 0.25) is 0 Å². The SMILES string of the molecule is O=C(NCc1cccc(CN2CCOCC2)c1)[C@H]1CN(S(=O)(=O)c2ccc(Cl)cc2)c2ccccc2O1. The molecule has 8 nitrogen and oxygen atoms in total. The zero-order valence-electron chi connectivity index (χ0n) is 20.2. The highest BCUT2D eigenvalue weighted by atomic mass is 35.5. The molecule has 0 aromatic heterocycles. The number of nitrogens with zero attached hydrogens (tertiary/aromatic N) is 2.